The Kier molecular flexibility index (Phi) is 5.23. The van der Waals surface area contributed by atoms with Gasteiger partial charge in [-0.1, -0.05) is 26.0 Å². The van der Waals surface area contributed by atoms with Crippen molar-refractivity contribution in [2.24, 2.45) is 5.92 Å². The smallest absolute Gasteiger partial charge is 0.262 e. The van der Waals surface area contributed by atoms with E-state index in [0.717, 1.165) is 11.3 Å². The second-order valence-corrected chi connectivity index (χ2v) is 9.88. The monoisotopic (exact) mass is 422 g/mol. The summed E-state index contributed by atoms with van der Waals surface area (Å²) >= 11 is 0. The van der Waals surface area contributed by atoms with Crippen molar-refractivity contribution >= 4 is 17.7 Å². The number of benzene rings is 1. The lowest BCUT2D eigenvalue weighted by Gasteiger charge is -2.35. The van der Waals surface area contributed by atoms with Gasteiger partial charge >= 0.3 is 0 Å². The number of rotatable bonds is 4. The van der Waals surface area contributed by atoms with Crippen LogP contribution in [-0.2, 0) is 23.3 Å². The molecule has 1 aromatic heterocycles. The third-order valence-corrected chi connectivity index (χ3v) is 6.00. The van der Waals surface area contributed by atoms with E-state index in [-0.39, 0.29) is 29.2 Å². The van der Waals surface area contributed by atoms with E-state index in [2.05, 4.69) is 25.9 Å². The van der Waals surface area contributed by atoms with Gasteiger partial charge in [0.2, 0.25) is 5.91 Å². The average Bonchev–Trinajstić information content (AvgIpc) is 3.25. The molecule has 7 nitrogen and oxygen atoms in total. The first kappa shape index (κ1) is 21.3. The van der Waals surface area contributed by atoms with Crippen LogP contribution in [0.2, 0.25) is 0 Å². The normalized spacial score (nSPS) is 17.2. The summed E-state index contributed by atoms with van der Waals surface area (Å²) in [4.78, 5) is 42.7. The standard InChI is InChI=1S/C24H30N4O3/c1-15(2)12-20(27-21(29)17-8-6-7-9-18(17)22(27)30)23(31)26-11-10-19-16(14-26)13-25-28(19)24(3,4)5/h6-9,13,15,20H,10-12,14H2,1-5H3. The van der Waals surface area contributed by atoms with Crippen LogP contribution in [-0.4, -0.2) is 49.9 Å². The largest absolute Gasteiger partial charge is 0.336 e. The molecule has 1 atom stereocenters. The van der Waals surface area contributed by atoms with E-state index in [1.165, 1.54) is 4.90 Å². The van der Waals surface area contributed by atoms with Crippen molar-refractivity contribution in [3.63, 3.8) is 0 Å². The van der Waals surface area contributed by atoms with Gasteiger partial charge in [-0.25, -0.2) is 0 Å². The highest BCUT2D eigenvalue weighted by atomic mass is 16.2. The van der Waals surface area contributed by atoms with Crippen molar-refractivity contribution in [1.29, 1.82) is 0 Å². The summed E-state index contributed by atoms with van der Waals surface area (Å²) in [6.07, 6.45) is 2.98. The molecule has 0 saturated heterocycles. The van der Waals surface area contributed by atoms with Gasteiger partial charge in [0.1, 0.15) is 6.04 Å². The second kappa shape index (κ2) is 7.62. The maximum Gasteiger partial charge on any atom is 0.262 e. The fourth-order valence-corrected chi connectivity index (χ4v) is 4.56. The van der Waals surface area contributed by atoms with Gasteiger partial charge in [-0.2, -0.15) is 5.10 Å². The average molecular weight is 423 g/mol. The molecule has 3 amide bonds. The number of aromatic nitrogens is 2. The minimum absolute atomic E-state index is 0.125. The molecule has 0 saturated carbocycles. The molecule has 3 heterocycles. The molecule has 0 spiro atoms. The summed E-state index contributed by atoms with van der Waals surface area (Å²) in [6.45, 7) is 11.3. The third-order valence-electron chi connectivity index (χ3n) is 6.00. The van der Waals surface area contributed by atoms with Gasteiger partial charge < -0.3 is 4.90 Å². The number of imide groups is 1. The van der Waals surface area contributed by atoms with E-state index >= 15 is 0 Å². The molecule has 31 heavy (non-hydrogen) atoms. The molecule has 2 aromatic rings. The summed E-state index contributed by atoms with van der Waals surface area (Å²) in [6, 6.07) is 5.99. The molecule has 1 aromatic carbocycles. The summed E-state index contributed by atoms with van der Waals surface area (Å²) in [5, 5.41) is 4.54. The van der Waals surface area contributed by atoms with Crippen LogP contribution in [0.3, 0.4) is 0 Å². The van der Waals surface area contributed by atoms with E-state index in [1.54, 1.807) is 29.2 Å². The number of amides is 3. The van der Waals surface area contributed by atoms with Gasteiger partial charge in [-0.3, -0.25) is 24.0 Å². The topological polar surface area (TPSA) is 75.5 Å². The minimum Gasteiger partial charge on any atom is -0.336 e. The second-order valence-electron chi connectivity index (χ2n) is 9.88. The highest BCUT2D eigenvalue weighted by Crippen LogP contribution is 2.30. The van der Waals surface area contributed by atoms with E-state index < -0.39 is 6.04 Å². The lowest BCUT2D eigenvalue weighted by atomic mass is 9.99. The molecule has 2 aliphatic heterocycles. The van der Waals surface area contributed by atoms with Crippen LogP contribution in [0.4, 0.5) is 0 Å². The molecular formula is C24H30N4O3. The fourth-order valence-electron chi connectivity index (χ4n) is 4.56. The van der Waals surface area contributed by atoms with Gasteiger partial charge in [0, 0.05) is 30.8 Å². The zero-order valence-corrected chi connectivity index (χ0v) is 18.9. The Balaban J connectivity index is 1.61. The predicted octanol–water partition coefficient (Wildman–Crippen LogP) is 3.23. The Bertz CT molecular complexity index is 1010. The first-order chi connectivity index (χ1) is 14.6. The SMILES string of the molecule is CC(C)CC(C(=O)N1CCc2c(cnn2C(C)(C)C)C1)N1C(=O)c2ccccc2C1=O. The maximum absolute atomic E-state index is 13.6. The van der Waals surface area contributed by atoms with Crippen LogP contribution in [0.15, 0.2) is 30.5 Å². The van der Waals surface area contributed by atoms with Crippen molar-refractivity contribution in [2.45, 2.75) is 65.6 Å². The Labute approximate surface area is 183 Å². The van der Waals surface area contributed by atoms with E-state index in [9.17, 15) is 14.4 Å². The minimum atomic E-state index is -0.799. The Morgan fingerprint density at radius 2 is 1.71 bits per heavy atom. The van der Waals surface area contributed by atoms with Gasteiger partial charge in [-0.05, 0) is 45.2 Å². The van der Waals surface area contributed by atoms with Crippen molar-refractivity contribution in [2.75, 3.05) is 6.54 Å². The van der Waals surface area contributed by atoms with Crippen LogP contribution in [0.25, 0.3) is 0 Å². The molecule has 4 rings (SSSR count). The van der Waals surface area contributed by atoms with Crippen LogP contribution >= 0.6 is 0 Å². The Hall–Kier alpha value is -2.96. The van der Waals surface area contributed by atoms with Crippen molar-refractivity contribution < 1.29 is 14.4 Å². The molecule has 1 unspecified atom stereocenters. The summed E-state index contributed by atoms with van der Waals surface area (Å²) in [7, 11) is 0. The number of hydrogen-bond acceptors (Lipinski definition) is 4. The molecule has 2 aliphatic rings. The van der Waals surface area contributed by atoms with Crippen LogP contribution in [0.1, 0.15) is 73.0 Å². The number of fused-ring (bicyclic) bond motifs is 2. The van der Waals surface area contributed by atoms with Crippen LogP contribution in [0.5, 0.6) is 0 Å². The van der Waals surface area contributed by atoms with E-state index in [0.29, 0.717) is 37.1 Å². The summed E-state index contributed by atoms with van der Waals surface area (Å²) in [5.41, 5.74) is 2.81. The molecule has 0 N–H and O–H groups in total. The summed E-state index contributed by atoms with van der Waals surface area (Å²) < 4.78 is 2.03. The first-order valence-corrected chi connectivity index (χ1v) is 10.9. The molecule has 0 aliphatic carbocycles. The number of carbonyl (C=O) groups excluding carboxylic acids is 3. The highest BCUT2D eigenvalue weighted by molar-refractivity contribution is 6.22. The van der Waals surface area contributed by atoms with Crippen molar-refractivity contribution in [1.82, 2.24) is 19.6 Å². The Morgan fingerprint density at radius 1 is 1.10 bits per heavy atom. The fraction of sp³-hybridized carbons (Fsp3) is 0.500. The molecular weight excluding hydrogens is 392 g/mol. The maximum atomic E-state index is 13.6. The van der Waals surface area contributed by atoms with Gasteiger partial charge in [0.15, 0.2) is 0 Å². The first-order valence-electron chi connectivity index (χ1n) is 10.9. The molecule has 7 heteroatoms. The van der Waals surface area contributed by atoms with Crippen LogP contribution < -0.4 is 0 Å². The third kappa shape index (κ3) is 3.66. The lowest BCUT2D eigenvalue weighted by Crippen LogP contribution is -2.52. The van der Waals surface area contributed by atoms with Gasteiger partial charge in [0.25, 0.3) is 11.8 Å². The van der Waals surface area contributed by atoms with Gasteiger partial charge in [-0.15, -0.1) is 0 Å². The number of carbonyl (C=O) groups is 3. The van der Waals surface area contributed by atoms with Gasteiger partial charge in [0.05, 0.1) is 22.9 Å². The molecule has 0 fully saturated rings. The van der Waals surface area contributed by atoms with E-state index in [4.69, 9.17) is 0 Å². The molecule has 0 radical (unpaired) electrons. The highest BCUT2D eigenvalue weighted by Gasteiger charge is 2.44. The zero-order valence-electron chi connectivity index (χ0n) is 18.9. The molecule has 0 bridgehead atoms. The van der Waals surface area contributed by atoms with Crippen molar-refractivity contribution in [3.8, 4) is 0 Å². The lowest BCUT2D eigenvalue weighted by molar-refractivity contribution is -0.137. The zero-order chi connectivity index (χ0) is 22.5. The predicted molar refractivity (Wildman–Crippen MR) is 117 cm³/mol. The quantitative estimate of drug-likeness (QED) is 0.709. The van der Waals surface area contributed by atoms with Crippen molar-refractivity contribution in [3.05, 3.63) is 52.8 Å². The number of hydrogen-bond donors (Lipinski definition) is 0. The van der Waals surface area contributed by atoms with E-state index in [1.807, 2.05) is 24.7 Å². The Morgan fingerprint density at radius 3 is 2.26 bits per heavy atom. The van der Waals surface area contributed by atoms with Crippen LogP contribution in [0, 0.1) is 5.92 Å². The molecule has 164 valence electrons. The number of nitrogens with zero attached hydrogens (tertiary/aromatic N) is 4. The summed E-state index contributed by atoms with van der Waals surface area (Å²) in [5.74, 6) is -0.768.